The van der Waals surface area contributed by atoms with Crippen LogP contribution >= 0.6 is 0 Å². The first kappa shape index (κ1) is 8.73. The predicted octanol–water partition coefficient (Wildman–Crippen LogP) is 2.38. The molecule has 1 nitrogen and oxygen atoms in total. The number of nitrogens with zero attached hydrogens (tertiary/aromatic N) is 1. The number of aryl methyl sites for hydroxylation is 2. The Morgan fingerprint density at radius 1 is 1.50 bits per heavy atom. The van der Waals surface area contributed by atoms with Crippen molar-refractivity contribution in [3.8, 4) is 6.07 Å². The van der Waals surface area contributed by atoms with Gasteiger partial charge < -0.3 is 0 Å². The summed E-state index contributed by atoms with van der Waals surface area (Å²) in [7, 11) is 0. The molecule has 0 N–H and O–H groups in total. The number of nitriles is 1. The molecule has 0 aliphatic heterocycles. The maximum absolute atomic E-state index is 12.0. The van der Waals surface area contributed by atoms with Crippen LogP contribution in [0, 0.1) is 18.3 Å². The topological polar surface area (TPSA) is 23.8 Å². The molecule has 0 aliphatic carbocycles. The molecule has 0 saturated heterocycles. The molecular weight excluding hydrogens is 153 g/mol. The minimum Gasteiger partial charge on any atom is -0.251 e. The molecule has 0 amide bonds. The van der Waals surface area contributed by atoms with Crippen LogP contribution < -0.4 is 0 Å². The minimum atomic E-state index is -0.405. The van der Waals surface area contributed by atoms with E-state index >= 15 is 0 Å². The van der Waals surface area contributed by atoms with Gasteiger partial charge in [0.25, 0.3) is 0 Å². The molecule has 1 aromatic carbocycles. The van der Waals surface area contributed by atoms with Crippen molar-refractivity contribution in [3.63, 3.8) is 0 Å². The molecule has 1 rings (SSSR count). The summed E-state index contributed by atoms with van der Waals surface area (Å²) in [5, 5.41) is 8.66. The van der Waals surface area contributed by atoms with E-state index in [1.54, 1.807) is 6.07 Å². The molecule has 1 aromatic rings. The van der Waals surface area contributed by atoms with Crippen LogP contribution in [-0.2, 0) is 6.42 Å². The summed E-state index contributed by atoms with van der Waals surface area (Å²) in [6.45, 7) is 1.53. The van der Waals surface area contributed by atoms with Crippen molar-refractivity contribution >= 4 is 0 Å². The Bertz CT molecular complexity index is 312. The van der Waals surface area contributed by atoms with Gasteiger partial charge in [-0.3, -0.25) is 4.39 Å². The lowest BCUT2D eigenvalue weighted by atomic mass is 10.0. The van der Waals surface area contributed by atoms with E-state index < -0.39 is 6.67 Å². The van der Waals surface area contributed by atoms with E-state index in [-0.39, 0.29) is 0 Å². The van der Waals surface area contributed by atoms with Gasteiger partial charge in [0.1, 0.15) is 0 Å². The lowest BCUT2D eigenvalue weighted by Crippen LogP contribution is -1.92. The quantitative estimate of drug-likeness (QED) is 0.656. The molecule has 0 bridgehead atoms. The van der Waals surface area contributed by atoms with Crippen LogP contribution in [0.4, 0.5) is 4.39 Å². The highest BCUT2D eigenvalue weighted by Crippen LogP contribution is 2.11. The first-order chi connectivity index (χ1) is 5.77. The predicted molar refractivity (Wildman–Crippen MR) is 45.6 cm³/mol. The minimum absolute atomic E-state index is 0.338. The summed E-state index contributed by atoms with van der Waals surface area (Å²) >= 11 is 0. The maximum atomic E-state index is 12.0. The Labute approximate surface area is 71.4 Å². The van der Waals surface area contributed by atoms with Gasteiger partial charge in [-0.15, -0.1) is 0 Å². The Morgan fingerprint density at radius 2 is 2.25 bits per heavy atom. The van der Waals surface area contributed by atoms with Gasteiger partial charge in [-0.05, 0) is 18.6 Å². The van der Waals surface area contributed by atoms with E-state index in [4.69, 9.17) is 5.26 Å². The molecule has 0 spiro atoms. The molecule has 0 radical (unpaired) electrons. The Morgan fingerprint density at radius 3 is 2.83 bits per heavy atom. The normalized spacial score (nSPS) is 9.42. The average Bonchev–Trinajstić information content (AvgIpc) is 2.05. The van der Waals surface area contributed by atoms with Crippen LogP contribution in [0.15, 0.2) is 18.2 Å². The lowest BCUT2D eigenvalue weighted by molar-refractivity contribution is 0.495. The van der Waals surface area contributed by atoms with Gasteiger partial charge in [0.15, 0.2) is 0 Å². The molecule has 0 fully saturated rings. The smallest absolute Gasteiger partial charge is 0.0994 e. The zero-order valence-corrected chi connectivity index (χ0v) is 6.97. The third kappa shape index (κ3) is 1.82. The fraction of sp³-hybridized carbons (Fsp3) is 0.300. The van der Waals surface area contributed by atoms with Gasteiger partial charge in [-0.25, -0.2) is 0 Å². The molecule has 0 saturated carbocycles. The summed E-state index contributed by atoms with van der Waals surface area (Å²) in [5.74, 6) is 0. The zero-order valence-electron chi connectivity index (χ0n) is 6.97. The number of hydrogen-bond donors (Lipinski definition) is 0. The van der Waals surface area contributed by atoms with Gasteiger partial charge in [0.05, 0.1) is 18.3 Å². The molecule has 0 aromatic heterocycles. The SMILES string of the molecule is Cc1ccc(C#N)c(CCF)c1. The highest BCUT2D eigenvalue weighted by Gasteiger charge is 2.00. The van der Waals surface area contributed by atoms with Gasteiger partial charge >= 0.3 is 0 Å². The van der Waals surface area contributed by atoms with Crippen LogP contribution in [-0.4, -0.2) is 6.67 Å². The molecule has 0 aliphatic rings. The van der Waals surface area contributed by atoms with E-state index in [1.165, 1.54) is 0 Å². The second kappa shape index (κ2) is 3.87. The first-order valence-corrected chi connectivity index (χ1v) is 3.83. The summed E-state index contributed by atoms with van der Waals surface area (Å²) in [5.41, 5.74) is 2.45. The molecule has 2 heteroatoms. The van der Waals surface area contributed by atoms with E-state index in [9.17, 15) is 4.39 Å². The largest absolute Gasteiger partial charge is 0.251 e. The molecule has 0 heterocycles. The highest BCUT2D eigenvalue weighted by molar-refractivity contribution is 5.40. The van der Waals surface area contributed by atoms with E-state index in [0.717, 1.165) is 11.1 Å². The maximum Gasteiger partial charge on any atom is 0.0994 e. The second-order valence-electron chi connectivity index (χ2n) is 2.71. The first-order valence-electron chi connectivity index (χ1n) is 3.83. The Balaban J connectivity index is 3.06. The Hall–Kier alpha value is -1.36. The average molecular weight is 163 g/mol. The van der Waals surface area contributed by atoms with E-state index in [2.05, 4.69) is 0 Å². The lowest BCUT2D eigenvalue weighted by Gasteiger charge is -2.01. The number of benzene rings is 1. The second-order valence-corrected chi connectivity index (χ2v) is 2.71. The summed E-state index contributed by atoms with van der Waals surface area (Å²) in [6.07, 6.45) is 0.338. The van der Waals surface area contributed by atoms with Crippen molar-refractivity contribution in [2.75, 3.05) is 6.67 Å². The molecular formula is C10H10FN. The Kier molecular flexibility index (Phi) is 2.82. The third-order valence-electron chi connectivity index (χ3n) is 1.75. The van der Waals surface area contributed by atoms with Crippen LogP contribution in [0.3, 0.4) is 0 Å². The fourth-order valence-corrected chi connectivity index (χ4v) is 1.14. The van der Waals surface area contributed by atoms with Gasteiger partial charge in [-0.1, -0.05) is 17.7 Å². The van der Waals surface area contributed by atoms with Crippen molar-refractivity contribution in [2.45, 2.75) is 13.3 Å². The van der Waals surface area contributed by atoms with Crippen molar-refractivity contribution in [3.05, 3.63) is 34.9 Å². The van der Waals surface area contributed by atoms with Crippen LogP contribution in [0.2, 0.25) is 0 Å². The van der Waals surface area contributed by atoms with Crippen molar-refractivity contribution < 1.29 is 4.39 Å². The number of rotatable bonds is 2. The van der Waals surface area contributed by atoms with Gasteiger partial charge in [0, 0.05) is 6.42 Å². The fourth-order valence-electron chi connectivity index (χ4n) is 1.14. The van der Waals surface area contributed by atoms with Crippen molar-refractivity contribution in [2.24, 2.45) is 0 Å². The van der Waals surface area contributed by atoms with E-state index in [0.29, 0.717) is 12.0 Å². The molecule has 0 atom stereocenters. The zero-order chi connectivity index (χ0) is 8.97. The van der Waals surface area contributed by atoms with Crippen LogP contribution in [0.25, 0.3) is 0 Å². The molecule has 12 heavy (non-hydrogen) atoms. The molecule has 0 unspecified atom stereocenters. The van der Waals surface area contributed by atoms with Crippen molar-refractivity contribution in [1.82, 2.24) is 0 Å². The van der Waals surface area contributed by atoms with Crippen LogP contribution in [0.5, 0.6) is 0 Å². The number of alkyl halides is 1. The summed E-state index contributed by atoms with van der Waals surface area (Å²) < 4.78 is 12.0. The van der Waals surface area contributed by atoms with Gasteiger partial charge in [-0.2, -0.15) is 5.26 Å². The summed E-state index contributed by atoms with van der Waals surface area (Å²) in [6, 6.07) is 7.50. The monoisotopic (exact) mass is 163 g/mol. The number of halogens is 1. The van der Waals surface area contributed by atoms with Crippen molar-refractivity contribution in [1.29, 1.82) is 5.26 Å². The standard InChI is InChI=1S/C10H10FN/c1-8-2-3-10(7-12)9(6-8)4-5-11/h2-3,6H,4-5H2,1H3. The molecule has 62 valence electrons. The van der Waals surface area contributed by atoms with Gasteiger partial charge in [0.2, 0.25) is 0 Å². The number of hydrogen-bond acceptors (Lipinski definition) is 1. The van der Waals surface area contributed by atoms with Crippen LogP contribution in [0.1, 0.15) is 16.7 Å². The third-order valence-corrected chi connectivity index (χ3v) is 1.75. The van der Waals surface area contributed by atoms with E-state index in [1.807, 2.05) is 25.1 Å². The summed E-state index contributed by atoms with van der Waals surface area (Å²) in [4.78, 5) is 0. The highest BCUT2D eigenvalue weighted by atomic mass is 19.1.